The van der Waals surface area contributed by atoms with Gasteiger partial charge >= 0.3 is 0 Å². The molecule has 1 aromatic heterocycles. The van der Waals surface area contributed by atoms with Gasteiger partial charge in [0.2, 0.25) is 5.88 Å². The molecule has 2 aromatic rings. The standard InChI is InChI=1S/C15H17BrN2O2/c1-19-14-6-5-13(16)10-12(14)11-17-8-9-20-15-4-2-3-7-18-15/h2-7,10,17H,8-9,11H2,1H3. The summed E-state index contributed by atoms with van der Waals surface area (Å²) < 4.78 is 11.9. The normalized spacial score (nSPS) is 10.3. The van der Waals surface area contributed by atoms with E-state index in [1.165, 1.54) is 0 Å². The van der Waals surface area contributed by atoms with E-state index in [4.69, 9.17) is 9.47 Å². The lowest BCUT2D eigenvalue weighted by molar-refractivity contribution is 0.301. The summed E-state index contributed by atoms with van der Waals surface area (Å²) in [6, 6.07) is 11.6. The number of ether oxygens (including phenoxy) is 2. The van der Waals surface area contributed by atoms with Gasteiger partial charge in [-0.1, -0.05) is 22.0 Å². The summed E-state index contributed by atoms with van der Waals surface area (Å²) in [5.74, 6) is 1.53. The molecule has 1 N–H and O–H groups in total. The van der Waals surface area contributed by atoms with Crippen LogP contribution in [0.15, 0.2) is 47.1 Å². The topological polar surface area (TPSA) is 43.4 Å². The van der Waals surface area contributed by atoms with Crippen LogP contribution < -0.4 is 14.8 Å². The second-order valence-electron chi connectivity index (χ2n) is 4.15. The number of benzene rings is 1. The molecule has 0 aliphatic heterocycles. The van der Waals surface area contributed by atoms with E-state index in [1.54, 1.807) is 13.3 Å². The molecule has 2 rings (SSSR count). The summed E-state index contributed by atoms with van der Waals surface area (Å²) in [7, 11) is 1.68. The van der Waals surface area contributed by atoms with E-state index in [9.17, 15) is 0 Å². The average molecular weight is 337 g/mol. The van der Waals surface area contributed by atoms with Crippen LogP contribution in [0.5, 0.6) is 11.6 Å². The van der Waals surface area contributed by atoms with Gasteiger partial charge in [0.15, 0.2) is 0 Å². The first-order valence-electron chi connectivity index (χ1n) is 6.36. The Kier molecular flexibility index (Phi) is 5.83. The van der Waals surface area contributed by atoms with E-state index in [0.717, 1.165) is 28.9 Å². The van der Waals surface area contributed by atoms with E-state index in [2.05, 4.69) is 26.2 Å². The molecule has 0 saturated carbocycles. The lowest BCUT2D eigenvalue weighted by atomic mass is 10.2. The monoisotopic (exact) mass is 336 g/mol. The van der Waals surface area contributed by atoms with E-state index >= 15 is 0 Å². The Morgan fingerprint density at radius 3 is 2.90 bits per heavy atom. The molecule has 1 heterocycles. The van der Waals surface area contributed by atoms with Gasteiger partial charge in [-0.3, -0.25) is 0 Å². The summed E-state index contributed by atoms with van der Waals surface area (Å²) in [6.45, 7) is 2.05. The molecule has 0 bridgehead atoms. The highest BCUT2D eigenvalue weighted by molar-refractivity contribution is 9.10. The van der Waals surface area contributed by atoms with Gasteiger partial charge in [-0.15, -0.1) is 0 Å². The highest BCUT2D eigenvalue weighted by Crippen LogP contribution is 2.22. The van der Waals surface area contributed by atoms with Crippen molar-refractivity contribution >= 4 is 15.9 Å². The highest BCUT2D eigenvalue weighted by atomic mass is 79.9. The summed E-state index contributed by atoms with van der Waals surface area (Å²) in [5.41, 5.74) is 1.11. The Hall–Kier alpha value is -1.59. The van der Waals surface area contributed by atoms with E-state index in [1.807, 2.05) is 36.4 Å². The zero-order chi connectivity index (χ0) is 14.2. The quantitative estimate of drug-likeness (QED) is 0.789. The predicted molar refractivity (Wildman–Crippen MR) is 82.1 cm³/mol. The lowest BCUT2D eigenvalue weighted by Gasteiger charge is -2.10. The lowest BCUT2D eigenvalue weighted by Crippen LogP contribution is -2.21. The molecule has 20 heavy (non-hydrogen) atoms. The van der Waals surface area contributed by atoms with Crippen molar-refractivity contribution in [1.29, 1.82) is 0 Å². The van der Waals surface area contributed by atoms with Crippen LogP contribution in [0.1, 0.15) is 5.56 Å². The number of nitrogens with zero attached hydrogens (tertiary/aromatic N) is 1. The van der Waals surface area contributed by atoms with Gasteiger partial charge in [0.1, 0.15) is 12.4 Å². The van der Waals surface area contributed by atoms with Crippen molar-refractivity contribution in [3.63, 3.8) is 0 Å². The molecular weight excluding hydrogens is 320 g/mol. The highest BCUT2D eigenvalue weighted by Gasteiger charge is 2.03. The van der Waals surface area contributed by atoms with E-state index < -0.39 is 0 Å². The number of methoxy groups -OCH3 is 1. The van der Waals surface area contributed by atoms with Crippen LogP contribution >= 0.6 is 15.9 Å². The minimum absolute atomic E-state index is 0.577. The molecule has 0 fully saturated rings. The number of rotatable bonds is 7. The molecule has 0 amide bonds. The van der Waals surface area contributed by atoms with Crippen molar-refractivity contribution in [1.82, 2.24) is 10.3 Å². The molecule has 0 atom stereocenters. The molecule has 0 aliphatic rings. The molecule has 106 valence electrons. The number of aromatic nitrogens is 1. The van der Waals surface area contributed by atoms with Gasteiger partial charge in [0.25, 0.3) is 0 Å². The van der Waals surface area contributed by atoms with Gasteiger partial charge < -0.3 is 14.8 Å². The Morgan fingerprint density at radius 2 is 2.15 bits per heavy atom. The van der Waals surface area contributed by atoms with Gasteiger partial charge in [0.05, 0.1) is 7.11 Å². The largest absolute Gasteiger partial charge is 0.496 e. The molecule has 4 nitrogen and oxygen atoms in total. The third kappa shape index (κ3) is 4.51. The summed E-state index contributed by atoms with van der Waals surface area (Å²) in [4.78, 5) is 4.10. The van der Waals surface area contributed by atoms with Crippen LogP contribution in [0.4, 0.5) is 0 Å². The number of halogens is 1. The summed E-state index contributed by atoms with van der Waals surface area (Å²) >= 11 is 3.46. The molecule has 0 radical (unpaired) electrons. The van der Waals surface area contributed by atoms with Crippen LogP contribution in [-0.4, -0.2) is 25.2 Å². The Labute approximate surface area is 127 Å². The first kappa shape index (κ1) is 14.8. The van der Waals surface area contributed by atoms with E-state index in [0.29, 0.717) is 12.5 Å². The fourth-order valence-electron chi connectivity index (χ4n) is 1.77. The van der Waals surface area contributed by atoms with Crippen molar-refractivity contribution in [2.45, 2.75) is 6.54 Å². The molecule has 0 aliphatic carbocycles. The van der Waals surface area contributed by atoms with Crippen LogP contribution in [0.2, 0.25) is 0 Å². The predicted octanol–water partition coefficient (Wildman–Crippen LogP) is 3.02. The smallest absolute Gasteiger partial charge is 0.213 e. The first-order valence-corrected chi connectivity index (χ1v) is 7.16. The number of hydrogen-bond acceptors (Lipinski definition) is 4. The van der Waals surface area contributed by atoms with Crippen molar-refractivity contribution in [3.8, 4) is 11.6 Å². The fourth-order valence-corrected chi connectivity index (χ4v) is 2.18. The average Bonchev–Trinajstić information content (AvgIpc) is 2.48. The second kappa shape index (κ2) is 7.87. The van der Waals surface area contributed by atoms with Crippen LogP contribution in [0.25, 0.3) is 0 Å². The molecule has 0 saturated heterocycles. The van der Waals surface area contributed by atoms with Gasteiger partial charge in [-0.25, -0.2) is 4.98 Å². The molecular formula is C15H17BrN2O2. The maximum Gasteiger partial charge on any atom is 0.213 e. The molecule has 1 aromatic carbocycles. The van der Waals surface area contributed by atoms with Gasteiger partial charge in [0, 0.05) is 35.4 Å². The molecule has 0 unspecified atom stereocenters. The molecule has 0 spiro atoms. The number of nitrogens with one attached hydrogen (secondary N) is 1. The fraction of sp³-hybridized carbons (Fsp3) is 0.267. The van der Waals surface area contributed by atoms with Crippen molar-refractivity contribution < 1.29 is 9.47 Å². The Morgan fingerprint density at radius 1 is 1.25 bits per heavy atom. The first-order chi connectivity index (χ1) is 9.79. The Balaban J connectivity index is 1.75. The van der Waals surface area contributed by atoms with Crippen LogP contribution in [0, 0.1) is 0 Å². The number of pyridine rings is 1. The third-order valence-electron chi connectivity index (χ3n) is 2.72. The van der Waals surface area contributed by atoms with Gasteiger partial charge in [-0.05, 0) is 24.3 Å². The van der Waals surface area contributed by atoms with Crippen molar-refractivity contribution in [3.05, 3.63) is 52.6 Å². The minimum atomic E-state index is 0.577. The molecule has 5 heteroatoms. The summed E-state index contributed by atoms with van der Waals surface area (Å²) in [6.07, 6.45) is 1.72. The van der Waals surface area contributed by atoms with Crippen LogP contribution in [0.3, 0.4) is 0 Å². The Bertz CT molecular complexity index is 535. The van der Waals surface area contributed by atoms with E-state index in [-0.39, 0.29) is 0 Å². The second-order valence-corrected chi connectivity index (χ2v) is 5.07. The van der Waals surface area contributed by atoms with Crippen molar-refractivity contribution in [2.75, 3.05) is 20.3 Å². The van der Waals surface area contributed by atoms with Crippen LogP contribution in [-0.2, 0) is 6.54 Å². The SMILES string of the molecule is COc1ccc(Br)cc1CNCCOc1ccccn1. The zero-order valence-corrected chi connectivity index (χ0v) is 12.9. The summed E-state index contributed by atoms with van der Waals surface area (Å²) in [5, 5.41) is 3.32. The number of hydrogen-bond donors (Lipinski definition) is 1. The minimum Gasteiger partial charge on any atom is -0.496 e. The maximum atomic E-state index is 5.51. The zero-order valence-electron chi connectivity index (χ0n) is 11.3. The van der Waals surface area contributed by atoms with Gasteiger partial charge in [-0.2, -0.15) is 0 Å². The third-order valence-corrected chi connectivity index (χ3v) is 3.22. The maximum absolute atomic E-state index is 5.51. The van der Waals surface area contributed by atoms with Crippen molar-refractivity contribution in [2.24, 2.45) is 0 Å².